The van der Waals surface area contributed by atoms with Crippen molar-refractivity contribution in [2.24, 2.45) is 5.73 Å². The van der Waals surface area contributed by atoms with Crippen molar-refractivity contribution in [3.05, 3.63) is 48.6 Å². The number of benzene rings is 1. The maximum atomic E-state index is 6.34. The molecule has 1 unspecified atom stereocenters. The summed E-state index contributed by atoms with van der Waals surface area (Å²) in [5.41, 5.74) is 9.88. The van der Waals surface area contributed by atoms with Gasteiger partial charge < -0.3 is 10.5 Å². The highest BCUT2D eigenvalue weighted by atomic mass is 79.9. The van der Waals surface area contributed by atoms with Gasteiger partial charge in [0.05, 0.1) is 10.4 Å². The number of thiophene rings is 1. The van der Waals surface area contributed by atoms with Crippen molar-refractivity contribution < 1.29 is 4.74 Å². The topological polar surface area (TPSA) is 35.2 Å². The molecule has 0 bridgehead atoms. The van der Waals surface area contributed by atoms with Gasteiger partial charge in [0.25, 0.3) is 0 Å². The Morgan fingerprint density at radius 1 is 1.45 bits per heavy atom. The molecule has 0 saturated carbocycles. The molecule has 0 radical (unpaired) electrons. The van der Waals surface area contributed by atoms with Gasteiger partial charge in [-0.25, -0.2) is 0 Å². The molecule has 2 nitrogen and oxygen atoms in total. The van der Waals surface area contributed by atoms with E-state index in [1.807, 2.05) is 12.1 Å². The minimum absolute atomic E-state index is 0.0308. The number of ether oxygens (including phenoxy) is 1. The molecular weight excluding hydrogens is 358 g/mol. The van der Waals surface area contributed by atoms with Crippen LogP contribution in [0.5, 0.6) is 5.75 Å². The van der Waals surface area contributed by atoms with Crippen LogP contribution in [0.4, 0.5) is 0 Å². The standard InChI is InChI=1S/C15H15BrClNOS/c1-8-4-13(20-15(8)16)12(18)7-10-6-11(17)5-9-2-3-19-14(9)10/h4-6,12H,2-3,7,18H2,1H3. The molecule has 0 aliphatic carbocycles. The summed E-state index contributed by atoms with van der Waals surface area (Å²) in [5, 5.41) is 0.764. The number of hydrogen-bond acceptors (Lipinski definition) is 3. The molecule has 0 fully saturated rings. The summed E-state index contributed by atoms with van der Waals surface area (Å²) in [6.07, 6.45) is 1.68. The third-order valence-electron chi connectivity index (χ3n) is 3.51. The van der Waals surface area contributed by atoms with Gasteiger partial charge in [-0.15, -0.1) is 11.3 Å². The van der Waals surface area contributed by atoms with Crippen molar-refractivity contribution in [2.45, 2.75) is 25.8 Å². The molecule has 0 saturated heterocycles. The zero-order valence-electron chi connectivity index (χ0n) is 11.1. The van der Waals surface area contributed by atoms with Crippen molar-refractivity contribution >= 4 is 38.9 Å². The van der Waals surface area contributed by atoms with Crippen LogP contribution in [-0.4, -0.2) is 6.61 Å². The number of nitrogens with two attached hydrogens (primary N) is 1. The highest BCUT2D eigenvalue weighted by Crippen LogP contribution is 2.37. The van der Waals surface area contributed by atoms with Crippen LogP contribution >= 0.6 is 38.9 Å². The Morgan fingerprint density at radius 3 is 2.95 bits per heavy atom. The average molecular weight is 373 g/mol. The summed E-state index contributed by atoms with van der Waals surface area (Å²) in [5.74, 6) is 0.984. The van der Waals surface area contributed by atoms with Crippen LogP contribution in [0.15, 0.2) is 22.0 Å². The second-order valence-corrected chi connectivity index (χ2v) is 7.91. The van der Waals surface area contributed by atoms with Gasteiger partial charge in [-0.05, 0) is 64.2 Å². The van der Waals surface area contributed by atoms with Crippen LogP contribution in [0, 0.1) is 6.92 Å². The van der Waals surface area contributed by atoms with Crippen LogP contribution in [0.25, 0.3) is 0 Å². The molecule has 2 aromatic rings. The molecule has 2 heterocycles. The third kappa shape index (κ3) is 2.75. The van der Waals surface area contributed by atoms with E-state index in [1.165, 1.54) is 16.0 Å². The van der Waals surface area contributed by atoms with Crippen molar-refractivity contribution in [1.29, 1.82) is 0 Å². The minimum atomic E-state index is -0.0308. The smallest absolute Gasteiger partial charge is 0.125 e. The Labute approximate surface area is 136 Å². The lowest BCUT2D eigenvalue weighted by atomic mass is 10.0. The second-order valence-electron chi connectivity index (χ2n) is 5.07. The molecule has 5 heteroatoms. The highest BCUT2D eigenvalue weighted by molar-refractivity contribution is 9.11. The SMILES string of the molecule is Cc1cc(C(N)Cc2cc(Cl)cc3c2OCC3)sc1Br. The van der Waals surface area contributed by atoms with Crippen LogP contribution in [0.3, 0.4) is 0 Å². The molecule has 0 amide bonds. The van der Waals surface area contributed by atoms with Gasteiger partial charge in [-0.1, -0.05) is 11.6 Å². The molecule has 2 N–H and O–H groups in total. The molecule has 1 aromatic carbocycles. The molecule has 1 atom stereocenters. The van der Waals surface area contributed by atoms with E-state index in [-0.39, 0.29) is 6.04 Å². The Hall–Kier alpha value is -0.550. The minimum Gasteiger partial charge on any atom is -0.493 e. The van der Waals surface area contributed by atoms with Gasteiger partial charge in [0.1, 0.15) is 5.75 Å². The molecular formula is C15H15BrClNOS. The lowest BCUT2D eigenvalue weighted by Gasteiger charge is -2.13. The summed E-state index contributed by atoms with van der Waals surface area (Å²) >= 11 is 11.4. The summed E-state index contributed by atoms with van der Waals surface area (Å²) in [6, 6.07) is 6.08. The van der Waals surface area contributed by atoms with Gasteiger partial charge in [-0.2, -0.15) is 0 Å². The first kappa shape index (κ1) is 14.4. The predicted octanol–water partition coefficient (Wildman–Crippen LogP) is 4.65. The number of fused-ring (bicyclic) bond motifs is 1. The Kier molecular flexibility index (Phi) is 4.09. The third-order valence-corrected chi connectivity index (χ3v) is 5.99. The fourth-order valence-corrected chi connectivity index (χ4v) is 4.34. The highest BCUT2D eigenvalue weighted by Gasteiger charge is 2.20. The largest absolute Gasteiger partial charge is 0.493 e. The van der Waals surface area contributed by atoms with Crippen molar-refractivity contribution in [2.75, 3.05) is 6.61 Å². The Morgan fingerprint density at radius 2 is 2.25 bits per heavy atom. The molecule has 1 aromatic heterocycles. The number of aryl methyl sites for hydroxylation is 1. The van der Waals surface area contributed by atoms with Crippen molar-refractivity contribution in [3.63, 3.8) is 0 Å². The van der Waals surface area contributed by atoms with Gasteiger partial charge in [-0.3, -0.25) is 0 Å². The van der Waals surface area contributed by atoms with Crippen LogP contribution in [-0.2, 0) is 12.8 Å². The summed E-state index contributed by atoms with van der Waals surface area (Å²) in [4.78, 5) is 1.18. The monoisotopic (exact) mass is 371 g/mol. The number of hydrogen-bond donors (Lipinski definition) is 1. The fourth-order valence-electron chi connectivity index (χ4n) is 2.50. The van der Waals surface area contributed by atoms with Crippen molar-refractivity contribution in [1.82, 2.24) is 0 Å². The van der Waals surface area contributed by atoms with E-state index < -0.39 is 0 Å². The second kappa shape index (κ2) is 5.68. The summed E-state index contributed by atoms with van der Waals surface area (Å²) in [7, 11) is 0. The zero-order chi connectivity index (χ0) is 14.3. The van der Waals surface area contributed by atoms with E-state index in [1.54, 1.807) is 11.3 Å². The lowest BCUT2D eigenvalue weighted by molar-refractivity contribution is 0.352. The van der Waals surface area contributed by atoms with E-state index in [4.69, 9.17) is 22.1 Å². The van der Waals surface area contributed by atoms with E-state index in [9.17, 15) is 0 Å². The lowest BCUT2D eigenvalue weighted by Crippen LogP contribution is -2.12. The number of halogens is 2. The van der Waals surface area contributed by atoms with E-state index >= 15 is 0 Å². The zero-order valence-corrected chi connectivity index (χ0v) is 14.2. The molecule has 106 valence electrons. The van der Waals surface area contributed by atoms with Crippen LogP contribution in [0.1, 0.15) is 27.6 Å². The molecule has 0 spiro atoms. The van der Waals surface area contributed by atoms with E-state index in [0.29, 0.717) is 0 Å². The average Bonchev–Trinajstić information content (AvgIpc) is 2.97. The Balaban J connectivity index is 1.88. The van der Waals surface area contributed by atoms with Crippen LogP contribution in [0.2, 0.25) is 5.02 Å². The molecule has 1 aliphatic rings. The Bertz CT molecular complexity index is 636. The first-order valence-corrected chi connectivity index (χ1v) is 8.49. The molecule has 3 rings (SSSR count). The predicted molar refractivity (Wildman–Crippen MR) is 88.0 cm³/mol. The first-order valence-electron chi connectivity index (χ1n) is 6.50. The van der Waals surface area contributed by atoms with Crippen molar-refractivity contribution in [3.8, 4) is 5.75 Å². The van der Waals surface area contributed by atoms with Crippen LogP contribution < -0.4 is 10.5 Å². The maximum absolute atomic E-state index is 6.34. The summed E-state index contributed by atoms with van der Waals surface area (Å²) < 4.78 is 6.88. The quantitative estimate of drug-likeness (QED) is 0.851. The van der Waals surface area contributed by atoms with Gasteiger partial charge in [0.15, 0.2) is 0 Å². The molecule has 20 heavy (non-hydrogen) atoms. The van der Waals surface area contributed by atoms with E-state index in [0.717, 1.165) is 39.6 Å². The first-order chi connectivity index (χ1) is 9.54. The normalized spacial score (nSPS) is 15.0. The maximum Gasteiger partial charge on any atom is 0.125 e. The van der Waals surface area contributed by atoms with Gasteiger partial charge in [0, 0.05) is 22.4 Å². The fraction of sp³-hybridized carbons (Fsp3) is 0.333. The number of rotatable bonds is 3. The van der Waals surface area contributed by atoms with Gasteiger partial charge in [0.2, 0.25) is 0 Å². The summed E-state index contributed by atoms with van der Waals surface area (Å²) in [6.45, 7) is 2.82. The molecule has 1 aliphatic heterocycles. The van der Waals surface area contributed by atoms with Gasteiger partial charge >= 0.3 is 0 Å². The van der Waals surface area contributed by atoms with E-state index in [2.05, 4.69) is 28.9 Å².